The third-order valence-electron chi connectivity index (χ3n) is 6.65. The van der Waals surface area contributed by atoms with E-state index in [9.17, 15) is 9.90 Å². The van der Waals surface area contributed by atoms with Crippen molar-refractivity contribution in [3.8, 4) is 28.1 Å². The first-order valence-corrected chi connectivity index (χ1v) is 11.6. The van der Waals surface area contributed by atoms with E-state index in [2.05, 4.69) is 27.3 Å². The van der Waals surface area contributed by atoms with Gasteiger partial charge in [-0.15, -0.1) is 0 Å². The summed E-state index contributed by atoms with van der Waals surface area (Å²) in [6.45, 7) is 3.16. The lowest BCUT2D eigenvalue weighted by Gasteiger charge is -2.31. The Labute approximate surface area is 198 Å². The third-order valence-corrected chi connectivity index (χ3v) is 6.65. The molecule has 1 unspecified atom stereocenters. The lowest BCUT2D eigenvalue weighted by molar-refractivity contribution is -0.134. The summed E-state index contributed by atoms with van der Waals surface area (Å²) in [4.78, 5) is 19.5. The van der Waals surface area contributed by atoms with Gasteiger partial charge < -0.3 is 14.7 Å². The van der Waals surface area contributed by atoms with Crippen LogP contribution in [-0.4, -0.2) is 57.4 Å². The number of amides is 1. The number of aromatic amines is 1. The van der Waals surface area contributed by atoms with Crippen molar-refractivity contribution in [3.63, 3.8) is 0 Å². The number of nitrogens with one attached hydrogen (secondary N) is 1. The highest BCUT2D eigenvalue weighted by Crippen LogP contribution is 2.35. The van der Waals surface area contributed by atoms with Crippen LogP contribution in [-0.2, 0) is 4.79 Å². The monoisotopic (exact) mass is 456 g/mol. The summed E-state index contributed by atoms with van der Waals surface area (Å²) in [5, 5.41) is 18.2. The van der Waals surface area contributed by atoms with Crippen LogP contribution in [0.1, 0.15) is 31.2 Å². The molecule has 4 aromatic rings. The molecule has 1 saturated heterocycles. The molecule has 0 radical (unpaired) electrons. The number of hydrogen-bond acceptors (Lipinski definition) is 5. The lowest BCUT2D eigenvalue weighted by atomic mass is 9.94. The van der Waals surface area contributed by atoms with E-state index in [1.807, 2.05) is 60.5 Å². The van der Waals surface area contributed by atoms with E-state index in [0.29, 0.717) is 31.6 Å². The highest BCUT2D eigenvalue weighted by molar-refractivity contribution is 5.95. The summed E-state index contributed by atoms with van der Waals surface area (Å²) >= 11 is 0. The number of methoxy groups -OCH3 is 1. The number of carbonyl (C=O) groups is 1. The number of piperidine rings is 1. The molecule has 7 heteroatoms. The number of ether oxygens (including phenoxy) is 1. The number of benzene rings is 2. The van der Waals surface area contributed by atoms with Gasteiger partial charge in [-0.05, 0) is 49.1 Å². The zero-order valence-corrected chi connectivity index (χ0v) is 19.4. The van der Waals surface area contributed by atoms with Crippen molar-refractivity contribution in [2.75, 3.05) is 20.2 Å². The summed E-state index contributed by atoms with van der Waals surface area (Å²) < 4.78 is 5.53. The van der Waals surface area contributed by atoms with Gasteiger partial charge >= 0.3 is 0 Å². The van der Waals surface area contributed by atoms with Crippen LogP contribution in [0.3, 0.4) is 0 Å². The average molecular weight is 457 g/mol. The van der Waals surface area contributed by atoms with Gasteiger partial charge in [0.15, 0.2) is 5.65 Å². The summed E-state index contributed by atoms with van der Waals surface area (Å²) in [5.41, 5.74) is 5.30. The van der Waals surface area contributed by atoms with E-state index in [0.717, 1.165) is 39.1 Å². The Balaban J connectivity index is 1.46. The van der Waals surface area contributed by atoms with E-state index in [1.165, 1.54) is 0 Å². The Morgan fingerprint density at radius 3 is 2.71 bits per heavy atom. The number of fused-ring (bicyclic) bond motifs is 1. The molecule has 1 atom stereocenters. The number of H-pyrrole nitrogens is 1. The number of rotatable bonds is 5. The molecule has 0 spiro atoms. The lowest BCUT2D eigenvalue weighted by Crippen LogP contribution is -2.41. The molecule has 0 aliphatic carbocycles. The largest absolute Gasteiger partial charge is 0.496 e. The van der Waals surface area contributed by atoms with Crippen LogP contribution in [0.5, 0.6) is 5.75 Å². The zero-order valence-electron chi connectivity index (χ0n) is 19.4. The maximum absolute atomic E-state index is 13.1. The van der Waals surface area contributed by atoms with Crippen molar-refractivity contribution in [2.45, 2.75) is 31.8 Å². The molecular formula is C27H28N4O3. The predicted octanol–water partition coefficient (Wildman–Crippen LogP) is 4.39. The number of aromatic nitrogens is 3. The fraction of sp³-hybridized carbons (Fsp3) is 0.296. The van der Waals surface area contributed by atoms with Gasteiger partial charge in [-0.2, -0.15) is 5.10 Å². The van der Waals surface area contributed by atoms with E-state index in [4.69, 9.17) is 4.74 Å². The van der Waals surface area contributed by atoms with Crippen molar-refractivity contribution in [3.05, 3.63) is 66.4 Å². The van der Waals surface area contributed by atoms with Gasteiger partial charge in [0.25, 0.3) is 0 Å². The first-order valence-electron chi connectivity index (χ1n) is 11.6. The van der Waals surface area contributed by atoms with Gasteiger partial charge in [-0.25, -0.2) is 4.98 Å². The fourth-order valence-corrected chi connectivity index (χ4v) is 4.60. The van der Waals surface area contributed by atoms with Crippen molar-refractivity contribution in [1.82, 2.24) is 20.1 Å². The Bertz CT molecular complexity index is 1320. The molecule has 5 rings (SSSR count). The molecule has 34 heavy (non-hydrogen) atoms. The van der Waals surface area contributed by atoms with Gasteiger partial charge in [0.05, 0.1) is 19.1 Å². The molecule has 0 saturated carbocycles. The van der Waals surface area contributed by atoms with E-state index >= 15 is 0 Å². The highest BCUT2D eigenvalue weighted by Gasteiger charge is 2.26. The summed E-state index contributed by atoms with van der Waals surface area (Å²) in [6, 6.07) is 17.9. The van der Waals surface area contributed by atoms with E-state index in [1.54, 1.807) is 7.11 Å². The Kier molecular flexibility index (Phi) is 6.02. The summed E-state index contributed by atoms with van der Waals surface area (Å²) in [5.74, 6) is 0.594. The quantitative estimate of drug-likeness (QED) is 0.465. The molecule has 2 N–H and O–H groups in total. The van der Waals surface area contributed by atoms with Crippen LogP contribution in [0.2, 0.25) is 0 Å². The van der Waals surface area contributed by atoms with Crippen LogP contribution in [0.4, 0.5) is 0 Å². The van der Waals surface area contributed by atoms with Crippen molar-refractivity contribution < 1.29 is 14.6 Å². The number of aliphatic hydroxyl groups excluding tert-OH is 1. The number of carbonyl (C=O) groups excluding carboxylic acids is 1. The number of pyridine rings is 1. The molecule has 0 bridgehead atoms. The topological polar surface area (TPSA) is 91.3 Å². The Morgan fingerprint density at radius 1 is 1.12 bits per heavy atom. The van der Waals surface area contributed by atoms with E-state index in [-0.39, 0.29) is 17.9 Å². The highest BCUT2D eigenvalue weighted by atomic mass is 16.5. The normalized spacial score (nSPS) is 15.4. The van der Waals surface area contributed by atoms with Crippen molar-refractivity contribution in [1.29, 1.82) is 0 Å². The maximum Gasteiger partial charge on any atom is 0.229 e. The maximum atomic E-state index is 13.1. The molecule has 1 aliphatic heterocycles. The van der Waals surface area contributed by atoms with Crippen LogP contribution in [0.25, 0.3) is 33.4 Å². The fourth-order valence-electron chi connectivity index (χ4n) is 4.60. The molecule has 1 fully saturated rings. The second-order valence-corrected chi connectivity index (χ2v) is 8.80. The minimum atomic E-state index is -0.297. The molecule has 174 valence electrons. The molecular weight excluding hydrogens is 428 g/mol. The average Bonchev–Trinajstić information content (AvgIpc) is 3.31. The first-order chi connectivity index (χ1) is 16.5. The van der Waals surface area contributed by atoms with Gasteiger partial charge in [-0.3, -0.25) is 9.89 Å². The molecule has 1 amide bonds. The van der Waals surface area contributed by atoms with Gasteiger partial charge in [0, 0.05) is 35.8 Å². The Hall–Kier alpha value is -3.71. The second kappa shape index (κ2) is 9.27. The number of nitrogens with zero attached hydrogens (tertiary/aromatic N) is 3. The minimum Gasteiger partial charge on any atom is -0.496 e. The van der Waals surface area contributed by atoms with Crippen molar-refractivity contribution >= 4 is 16.9 Å². The summed E-state index contributed by atoms with van der Waals surface area (Å²) in [7, 11) is 1.65. The van der Waals surface area contributed by atoms with Gasteiger partial charge in [0.2, 0.25) is 5.91 Å². The van der Waals surface area contributed by atoms with Gasteiger partial charge in [0.1, 0.15) is 11.4 Å². The van der Waals surface area contributed by atoms with Crippen LogP contribution in [0.15, 0.2) is 60.8 Å². The summed E-state index contributed by atoms with van der Waals surface area (Å²) in [6.07, 6.45) is 2.81. The molecule has 1 aliphatic rings. The van der Waals surface area contributed by atoms with Gasteiger partial charge in [-0.1, -0.05) is 36.4 Å². The van der Waals surface area contributed by atoms with Crippen LogP contribution >= 0.6 is 0 Å². The van der Waals surface area contributed by atoms with Crippen LogP contribution < -0.4 is 4.74 Å². The molecule has 7 nitrogen and oxygen atoms in total. The third kappa shape index (κ3) is 4.15. The number of hydrogen-bond donors (Lipinski definition) is 2. The first kappa shape index (κ1) is 22.1. The van der Waals surface area contributed by atoms with Crippen LogP contribution in [0, 0.1) is 0 Å². The molecule has 2 aromatic heterocycles. The standard InChI is InChI=1S/C27H28N4O3/c1-17(27(33)31-12-10-21(32)11-13-31)18-6-5-7-19(14-18)20-15-23-25(29-30-26(23)28-16-20)22-8-3-4-9-24(22)34-2/h3-9,14-17,21,32H,10-13H2,1-2H3,(H,28,29,30). The predicted molar refractivity (Wildman–Crippen MR) is 132 cm³/mol. The smallest absolute Gasteiger partial charge is 0.229 e. The molecule has 2 aromatic carbocycles. The number of para-hydroxylation sites is 1. The van der Waals surface area contributed by atoms with E-state index < -0.39 is 0 Å². The second-order valence-electron chi connectivity index (χ2n) is 8.80. The van der Waals surface area contributed by atoms with Crippen molar-refractivity contribution in [2.24, 2.45) is 0 Å². The molecule has 3 heterocycles. The SMILES string of the molecule is COc1ccccc1-c1n[nH]c2ncc(-c3cccc(C(C)C(=O)N4CCC(O)CC4)c3)cc12. The Morgan fingerprint density at radius 2 is 1.91 bits per heavy atom. The minimum absolute atomic E-state index is 0.103. The number of aliphatic hydroxyl groups is 1. The number of likely N-dealkylation sites (tertiary alicyclic amines) is 1. The zero-order chi connectivity index (χ0) is 23.7.